The van der Waals surface area contributed by atoms with Crippen LogP contribution in [-0.2, 0) is 4.79 Å². The van der Waals surface area contributed by atoms with E-state index in [0.717, 1.165) is 0 Å². The van der Waals surface area contributed by atoms with Crippen LogP contribution >= 0.6 is 11.6 Å². The Bertz CT molecular complexity index is 450. The number of nitrogens with zero attached hydrogens (tertiary/aromatic N) is 1. The van der Waals surface area contributed by atoms with Crippen molar-refractivity contribution in [3.8, 4) is 0 Å². The highest BCUT2D eigenvalue weighted by atomic mass is 35.5. The van der Waals surface area contributed by atoms with Gasteiger partial charge in [0.15, 0.2) is 0 Å². The van der Waals surface area contributed by atoms with Gasteiger partial charge in [-0.1, -0.05) is 11.6 Å². The normalized spacial score (nSPS) is 11.9. The van der Waals surface area contributed by atoms with Crippen molar-refractivity contribution >= 4 is 29.2 Å². The van der Waals surface area contributed by atoms with Crippen LogP contribution in [-0.4, -0.2) is 22.8 Å². The number of aromatic nitrogens is 1. The maximum atomic E-state index is 11.7. The number of nitrogens with two attached hydrogens (primary N) is 2. The lowest BCUT2D eigenvalue weighted by atomic mass is 10.2. The van der Waals surface area contributed by atoms with Crippen molar-refractivity contribution in [2.75, 3.05) is 5.73 Å². The minimum absolute atomic E-state index is 0.0713. The summed E-state index contributed by atoms with van der Waals surface area (Å²) in [6, 6.07) is 1.06. The zero-order chi connectivity index (χ0) is 13.0. The number of hydrogen-bond acceptors (Lipinski definition) is 4. The van der Waals surface area contributed by atoms with Crippen molar-refractivity contribution in [2.24, 2.45) is 5.73 Å². The molecule has 6 nitrogen and oxygen atoms in total. The van der Waals surface area contributed by atoms with Crippen molar-refractivity contribution in [1.82, 2.24) is 10.3 Å². The first-order chi connectivity index (χ1) is 7.90. The van der Waals surface area contributed by atoms with Gasteiger partial charge in [-0.2, -0.15) is 0 Å². The Balaban J connectivity index is 2.70. The molecule has 0 aliphatic carbocycles. The van der Waals surface area contributed by atoms with Crippen LogP contribution in [0.1, 0.15) is 23.7 Å². The van der Waals surface area contributed by atoms with Crippen molar-refractivity contribution in [2.45, 2.75) is 19.4 Å². The van der Waals surface area contributed by atoms with Crippen LogP contribution in [0.2, 0.25) is 5.02 Å². The maximum absolute atomic E-state index is 11.7. The fourth-order valence-corrected chi connectivity index (χ4v) is 1.40. The molecule has 0 spiro atoms. The van der Waals surface area contributed by atoms with E-state index < -0.39 is 5.91 Å². The predicted octanol–water partition coefficient (Wildman–Crippen LogP) is 0.311. The van der Waals surface area contributed by atoms with Crippen molar-refractivity contribution < 1.29 is 9.59 Å². The largest absolute Gasteiger partial charge is 0.382 e. The van der Waals surface area contributed by atoms with Crippen molar-refractivity contribution in [3.63, 3.8) is 0 Å². The minimum atomic E-state index is -0.480. The summed E-state index contributed by atoms with van der Waals surface area (Å²) in [4.78, 5) is 26.1. The van der Waals surface area contributed by atoms with E-state index in [1.54, 1.807) is 6.92 Å². The number of nitrogens with one attached hydrogen (secondary N) is 1. The van der Waals surface area contributed by atoms with Crippen LogP contribution in [0, 0.1) is 0 Å². The monoisotopic (exact) mass is 256 g/mol. The second kappa shape index (κ2) is 5.49. The van der Waals surface area contributed by atoms with Gasteiger partial charge in [0.25, 0.3) is 5.91 Å². The van der Waals surface area contributed by atoms with E-state index in [1.807, 2.05) is 0 Å². The topological polar surface area (TPSA) is 111 Å². The van der Waals surface area contributed by atoms with Crippen LogP contribution in [0.4, 0.5) is 5.82 Å². The lowest BCUT2D eigenvalue weighted by molar-refractivity contribution is -0.118. The van der Waals surface area contributed by atoms with E-state index in [-0.39, 0.29) is 34.8 Å². The highest BCUT2D eigenvalue weighted by molar-refractivity contribution is 6.33. The quantitative estimate of drug-likeness (QED) is 0.720. The zero-order valence-corrected chi connectivity index (χ0v) is 9.99. The third kappa shape index (κ3) is 3.92. The molecule has 1 heterocycles. The molecule has 92 valence electrons. The van der Waals surface area contributed by atoms with Gasteiger partial charge in [-0.05, 0) is 13.0 Å². The summed E-state index contributed by atoms with van der Waals surface area (Å²) in [6.07, 6.45) is 1.38. The lowest BCUT2D eigenvalue weighted by Crippen LogP contribution is -2.35. The molecule has 2 amide bonds. The van der Waals surface area contributed by atoms with Gasteiger partial charge in [-0.3, -0.25) is 9.59 Å². The standard InChI is InChI=1S/C10H13ClN4O2/c1-5(2-8(12)16)15-10(17)6-3-7(11)9(13)14-4-6/h3-5H,2H2,1H3,(H2,12,16)(H2,13,14)(H,15,17). The first kappa shape index (κ1) is 13.2. The molecule has 1 aromatic rings. The molecular weight excluding hydrogens is 244 g/mol. The van der Waals surface area contributed by atoms with Gasteiger partial charge in [-0.15, -0.1) is 0 Å². The average Bonchev–Trinajstić information content (AvgIpc) is 2.20. The summed E-state index contributed by atoms with van der Waals surface area (Å²) in [5.41, 5.74) is 10.7. The molecule has 0 aliphatic heterocycles. The highest BCUT2D eigenvalue weighted by Crippen LogP contribution is 2.16. The zero-order valence-electron chi connectivity index (χ0n) is 9.24. The van der Waals surface area contributed by atoms with E-state index in [1.165, 1.54) is 12.3 Å². The van der Waals surface area contributed by atoms with Gasteiger partial charge in [0, 0.05) is 18.7 Å². The molecule has 0 aromatic carbocycles. The summed E-state index contributed by atoms with van der Waals surface area (Å²) >= 11 is 5.74. The first-order valence-electron chi connectivity index (χ1n) is 4.90. The van der Waals surface area contributed by atoms with E-state index in [2.05, 4.69) is 10.3 Å². The molecule has 1 aromatic heterocycles. The number of anilines is 1. The molecule has 17 heavy (non-hydrogen) atoms. The second-order valence-corrected chi connectivity index (χ2v) is 4.04. The van der Waals surface area contributed by atoms with Gasteiger partial charge >= 0.3 is 0 Å². The van der Waals surface area contributed by atoms with E-state index in [4.69, 9.17) is 23.1 Å². The summed E-state index contributed by atoms with van der Waals surface area (Å²) < 4.78 is 0. The number of primary amides is 1. The molecular formula is C10H13ClN4O2. The summed E-state index contributed by atoms with van der Waals surface area (Å²) in [5, 5.41) is 2.80. The lowest BCUT2D eigenvalue weighted by Gasteiger charge is -2.12. The molecule has 1 rings (SSSR count). The number of nitrogen functional groups attached to an aromatic ring is 1. The predicted molar refractivity (Wildman–Crippen MR) is 64.4 cm³/mol. The molecule has 0 bridgehead atoms. The number of rotatable bonds is 4. The van der Waals surface area contributed by atoms with Crippen LogP contribution in [0.5, 0.6) is 0 Å². The van der Waals surface area contributed by atoms with Gasteiger partial charge < -0.3 is 16.8 Å². The van der Waals surface area contributed by atoms with Crippen molar-refractivity contribution in [3.05, 3.63) is 22.8 Å². The Labute approximate surface area is 103 Å². The van der Waals surface area contributed by atoms with Gasteiger partial charge in [0.2, 0.25) is 5.91 Å². The fourth-order valence-electron chi connectivity index (χ4n) is 1.23. The van der Waals surface area contributed by atoms with Crippen LogP contribution in [0.3, 0.4) is 0 Å². The maximum Gasteiger partial charge on any atom is 0.253 e. The molecule has 0 aliphatic rings. The minimum Gasteiger partial charge on any atom is -0.382 e. The van der Waals surface area contributed by atoms with E-state index >= 15 is 0 Å². The summed E-state index contributed by atoms with van der Waals surface area (Å²) in [6.45, 7) is 1.68. The summed E-state index contributed by atoms with van der Waals surface area (Å²) in [7, 11) is 0. The molecule has 0 saturated heterocycles. The molecule has 1 atom stereocenters. The van der Waals surface area contributed by atoms with Gasteiger partial charge in [0.1, 0.15) is 5.82 Å². The fraction of sp³-hybridized carbons (Fsp3) is 0.300. The highest BCUT2D eigenvalue weighted by Gasteiger charge is 2.13. The Morgan fingerprint density at radius 2 is 2.24 bits per heavy atom. The number of hydrogen-bond donors (Lipinski definition) is 3. The van der Waals surface area contributed by atoms with Crippen molar-refractivity contribution in [1.29, 1.82) is 0 Å². The third-order valence-electron chi connectivity index (χ3n) is 2.02. The molecule has 5 N–H and O–H groups in total. The smallest absolute Gasteiger partial charge is 0.253 e. The molecule has 0 radical (unpaired) electrons. The number of amides is 2. The number of pyridine rings is 1. The second-order valence-electron chi connectivity index (χ2n) is 3.64. The number of halogens is 1. The van der Waals surface area contributed by atoms with Gasteiger partial charge in [-0.25, -0.2) is 4.98 Å². The SMILES string of the molecule is CC(CC(N)=O)NC(=O)c1cnc(N)c(Cl)c1. The van der Waals surface area contributed by atoms with Crippen LogP contribution in [0.25, 0.3) is 0 Å². The molecule has 0 saturated carbocycles. The van der Waals surface area contributed by atoms with E-state index in [9.17, 15) is 9.59 Å². The Kier molecular flexibility index (Phi) is 4.28. The Morgan fingerprint density at radius 1 is 1.59 bits per heavy atom. The Hall–Kier alpha value is -1.82. The van der Waals surface area contributed by atoms with E-state index in [0.29, 0.717) is 0 Å². The molecule has 0 fully saturated rings. The molecule has 1 unspecified atom stereocenters. The summed E-state index contributed by atoms with van der Waals surface area (Å²) in [5.74, 6) is -0.701. The average molecular weight is 257 g/mol. The first-order valence-corrected chi connectivity index (χ1v) is 5.28. The number of carbonyl (C=O) groups excluding carboxylic acids is 2. The van der Waals surface area contributed by atoms with Crippen LogP contribution in [0.15, 0.2) is 12.3 Å². The number of carbonyl (C=O) groups is 2. The van der Waals surface area contributed by atoms with Gasteiger partial charge in [0.05, 0.1) is 10.6 Å². The Morgan fingerprint density at radius 3 is 2.76 bits per heavy atom. The third-order valence-corrected chi connectivity index (χ3v) is 2.32. The molecule has 7 heteroatoms. The van der Waals surface area contributed by atoms with Crippen LogP contribution < -0.4 is 16.8 Å².